The van der Waals surface area contributed by atoms with Gasteiger partial charge < -0.3 is 10.2 Å². The summed E-state index contributed by atoms with van der Waals surface area (Å²) in [5.41, 5.74) is 5.87. The number of hydrogen-bond donors (Lipinski definition) is 1. The standard InChI is InChI=1S/C24H27F2N3O/c1-15-5-2-8-19-21(15)18-7-3-6-17(22(18)27-19)16-10-13-29(14-11-16)23(30)28-20-9-4-12-24(20,25)26/h2-3,5-8,16-17,20H,4,9-14H2,1H3,(H,28,30)/t17-,20?/m1/s1. The van der Waals surface area contributed by atoms with Crippen LogP contribution in [0.4, 0.5) is 19.3 Å². The summed E-state index contributed by atoms with van der Waals surface area (Å²) in [6.07, 6.45) is 8.90. The molecule has 0 aromatic heterocycles. The quantitative estimate of drug-likeness (QED) is 0.709. The number of piperidine rings is 1. The summed E-state index contributed by atoms with van der Waals surface area (Å²) in [4.78, 5) is 19.2. The van der Waals surface area contributed by atoms with Crippen molar-refractivity contribution in [1.82, 2.24) is 10.2 Å². The highest BCUT2D eigenvalue weighted by atomic mass is 19.3. The number of amides is 2. The molecule has 2 aliphatic carbocycles. The zero-order valence-electron chi connectivity index (χ0n) is 17.2. The number of fused-ring (bicyclic) bond motifs is 3. The fourth-order valence-electron chi connectivity index (χ4n) is 5.39. The van der Waals surface area contributed by atoms with Crippen LogP contribution in [-0.2, 0) is 0 Å². The normalized spacial score (nSPS) is 27.4. The van der Waals surface area contributed by atoms with Gasteiger partial charge >= 0.3 is 6.03 Å². The van der Waals surface area contributed by atoms with Crippen molar-refractivity contribution in [2.75, 3.05) is 13.1 Å². The van der Waals surface area contributed by atoms with E-state index in [-0.39, 0.29) is 18.4 Å². The van der Waals surface area contributed by atoms with Gasteiger partial charge in [0.1, 0.15) is 0 Å². The Balaban J connectivity index is 1.24. The van der Waals surface area contributed by atoms with Gasteiger partial charge in [-0.3, -0.25) is 4.99 Å². The molecule has 0 spiro atoms. The van der Waals surface area contributed by atoms with Crippen LogP contribution in [0.3, 0.4) is 0 Å². The minimum Gasteiger partial charge on any atom is -0.329 e. The van der Waals surface area contributed by atoms with Crippen molar-refractivity contribution in [2.45, 2.75) is 51.0 Å². The van der Waals surface area contributed by atoms with Gasteiger partial charge in [0.25, 0.3) is 5.92 Å². The van der Waals surface area contributed by atoms with Crippen molar-refractivity contribution < 1.29 is 13.6 Å². The van der Waals surface area contributed by atoms with Gasteiger partial charge in [0.05, 0.1) is 17.4 Å². The number of hydrogen-bond acceptors (Lipinski definition) is 2. The molecule has 1 saturated carbocycles. The zero-order chi connectivity index (χ0) is 20.9. The summed E-state index contributed by atoms with van der Waals surface area (Å²) in [5, 5.41) is 2.58. The average Bonchev–Trinajstić information content (AvgIpc) is 3.28. The predicted octanol–water partition coefficient (Wildman–Crippen LogP) is 5.26. The first-order chi connectivity index (χ1) is 14.4. The highest BCUT2D eigenvalue weighted by Gasteiger charge is 2.45. The molecule has 30 heavy (non-hydrogen) atoms. The van der Waals surface area contributed by atoms with Crippen molar-refractivity contribution in [3.63, 3.8) is 0 Å². The number of likely N-dealkylation sites (tertiary alicyclic amines) is 1. The fourth-order valence-corrected chi connectivity index (χ4v) is 5.39. The van der Waals surface area contributed by atoms with E-state index in [0.29, 0.717) is 31.8 Å². The van der Waals surface area contributed by atoms with E-state index in [4.69, 9.17) is 4.99 Å². The molecule has 2 heterocycles. The lowest BCUT2D eigenvalue weighted by Gasteiger charge is -2.36. The lowest BCUT2D eigenvalue weighted by Crippen LogP contribution is -2.52. The van der Waals surface area contributed by atoms with E-state index in [1.54, 1.807) is 4.90 Å². The van der Waals surface area contributed by atoms with Crippen molar-refractivity contribution in [3.8, 4) is 0 Å². The summed E-state index contributed by atoms with van der Waals surface area (Å²) < 4.78 is 27.7. The largest absolute Gasteiger partial charge is 0.329 e. The third kappa shape index (κ3) is 3.26. The van der Waals surface area contributed by atoms with E-state index in [1.807, 2.05) is 6.07 Å². The molecule has 2 amide bonds. The molecule has 4 nitrogen and oxygen atoms in total. The molecule has 1 saturated heterocycles. The Kier molecular flexibility index (Phi) is 4.75. The molecule has 5 rings (SSSR count). The van der Waals surface area contributed by atoms with Crippen LogP contribution in [0.2, 0.25) is 0 Å². The van der Waals surface area contributed by atoms with Crippen LogP contribution in [0.15, 0.2) is 41.4 Å². The van der Waals surface area contributed by atoms with Crippen LogP contribution in [-0.4, -0.2) is 41.7 Å². The van der Waals surface area contributed by atoms with E-state index in [9.17, 15) is 13.6 Å². The minimum atomic E-state index is -2.78. The van der Waals surface area contributed by atoms with Gasteiger partial charge in [0.15, 0.2) is 0 Å². The van der Waals surface area contributed by atoms with Gasteiger partial charge in [-0.05, 0) is 50.2 Å². The Bertz CT molecular complexity index is 957. The number of alkyl halides is 2. The number of allylic oxidation sites excluding steroid dienone is 4. The number of halogens is 2. The zero-order valence-corrected chi connectivity index (χ0v) is 17.2. The van der Waals surface area contributed by atoms with E-state index >= 15 is 0 Å². The summed E-state index contributed by atoms with van der Waals surface area (Å²) in [5.74, 6) is -2.14. The van der Waals surface area contributed by atoms with Gasteiger partial charge in [-0.1, -0.05) is 30.4 Å². The number of carbonyl (C=O) groups is 1. The third-order valence-corrected chi connectivity index (χ3v) is 7.08. The molecular weight excluding hydrogens is 384 g/mol. The summed E-state index contributed by atoms with van der Waals surface area (Å²) >= 11 is 0. The Morgan fingerprint density at radius 1 is 1.23 bits per heavy atom. The van der Waals surface area contributed by atoms with Crippen molar-refractivity contribution >= 4 is 23.0 Å². The number of aliphatic imine (C=N–C) groups is 1. The second-order valence-corrected chi connectivity index (χ2v) is 8.94. The number of nitrogens with one attached hydrogen (secondary N) is 1. The van der Waals surface area contributed by atoms with E-state index in [2.05, 4.69) is 42.6 Å². The maximum atomic E-state index is 13.8. The Hall–Kier alpha value is -2.50. The van der Waals surface area contributed by atoms with Crippen LogP contribution >= 0.6 is 0 Å². The second kappa shape index (κ2) is 7.33. The highest BCUT2D eigenvalue weighted by Crippen LogP contribution is 2.44. The molecular formula is C24H27F2N3O. The maximum Gasteiger partial charge on any atom is 0.317 e. The molecule has 6 heteroatoms. The van der Waals surface area contributed by atoms with Crippen molar-refractivity contribution in [3.05, 3.63) is 47.6 Å². The first kappa shape index (κ1) is 19.5. The van der Waals surface area contributed by atoms with Gasteiger partial charge in [-0.25, -0.2) is 13.6 Å². The van der Waals surface area contributed by atoms with Crippen LogP contribution < -0.4 is 5.32 Å². The lowest BCUT2D eigenvalue weighted by molar-refractivity contribution is -0.0160. The molecule has 1 unspecified atom stereocenters. The monoisotopic (exact) mass is 411 g/mol. The smallest absolute Gasteiger partial charge is 0.317 e. The lowest BCUT2D eigenvalue weighted by atomic mass is 9.76. The van der Waals surface area contributed by atoms with Gasteiger partial charge in [0.2, 0.25) is 0 Å². The Morgan fingerprint density at radius 3 is 2.77 bits per heavy atom. The van der Waals surface area contributed by atoms with Crippen LogP contribution in [0, 0.1) is 18.8 Å². The van der Waals surface area contributed by atoms with E-state index < -0.39 is 12.0 Å². The molecule has 0 bridgehead atoms. The number of aryl methyl sites for hydroxylation is 1. The van der Waals surface area contributed by atoms with Gasteiger partial charge in [-0.15, -0.1) is 0 Å². The second-order valence-electron chi connectivity index (χ2n) is 8.94. The first-order valence-electron chi connectivity index (χ1n) is 10.9. The molecule has 0 radical (unpaired) electrons. The molecule has 1 aromatic rings. The van der Waals surface area contributed by atoms with Gasteiger partial charge in [0, 0.05) is 36.6 Å². The molecule has 2 fully saturated rings. The Labute approximate surface area is 175 Å². The molecule has 2 aliphatic heterocycles. The number of rotatable bonds is 2. The SMILES string of the molecule is Cc1cccc2c1C1=CC=C[C@H](C3CCN(C(=O)NC4CCCC4(F)F)CC3)C1=N2. The molecule has 158 valence electrons. The summed E-state index contributed by atoms with van der Waals surface area (Å²) in [6.45, 7) is 3.31. The molecule has 1 aromatic carbocycles. The molecule has 4 aliphatic rings. The topological polar surface area (TPSA) is 44.7 Å². The minimum absolute atomic E-state index is 0.131. The van der Waals surface area contributed by atoms with Crippen LogP contribution in [0.5, 0.6) is 0 Å². The Morgan fingerprint density at radius 2 is 2.03 bits per heavy atom. The predicted molar refractivity (Wildman–Crippen MR) is 114 cm³/mol. The highest BCUT2D eigenvalue weighted by molar-refractivity contribution is 6.31. The van der Waals surface area contributed by atoms with Gasteiger partial charge in [-0.2, -0.15) is 0 Å². The average molecular weight is 411 g/mol. The molecule has 2 atom stereocenters. The number of benzene rings is 1. The molecule has 1 N–H and O–H groups in total. The van der Waals surface area contributed by atoms with Crippen LogP contribution in [0.25, 0.3) is 5.57 Å². The first-order valence-corrected chi connectivity index (χ1v) is 10.9. The summed E-state index contributed by atoms with van der Waals surface area (Å²) in [7, 11) is 0. The third-order valence-electron chi connectivity index (χ3n) is 7.08. The van der Waals surface area contributed by atoms with E-state index in [1.165, 1.54) is 16.7 Å². The van der Waals surface area contributed by atoms with Crippen molar-refractivity contribution in [1.29, 1.82) is 0 Å². The number of carbonyl (C=O) groups excluding carboxylic acids is 1. The maximum absolute atomic E-state index is 13.8. The van der Waals surface area contributed by atoms with Crippen LogP contribution in [0.1, 0.15) is 43.2 Å². The van der Waals surface area contributed by atoms with E-state index in [0.717, 1.165) is 24.2 Å². The number of urea groups is 1. The number of nitrogens with zero attached hydrogens (tertiary/aromatic N) is 2. The van der Waals surface area contributed by atoms with Crippen molar-refractivity contribution in [2.24, 2.45) is 16.8 Å². The fraction of sp³-hybridized carbons (Fsp3) is 0.500. The summed E-state index contributed by atoms with van der Waals surface area (Å²) in [6, 6.07) is 4.87.